The Morgan fingerprint density at radius 2 is 1.67 bits per heavy atom. The molecule has 0 bridgehead atoms. The first-order chi connectivity index (χ1) is 13.0. The number of thiophene rings is 1. The van der Waals surface area contributed by atoms with E-state index in [0.29, 0.717) is 11.2 Å². The van der Waals surface area contributed by atoms with E-state index < -0.39 is 0 Å². The first kappa shape index (κ1) is 20.1. The van der Waals surface area contributed by atoms with E-state index in [1.54, 1.807) is 11.3 Å². The van der Waals surface area contributed by atoms with Crippen LogP contribution in [0, 0.1) is 6.92 Å². The summed E-state index contributed by atoms with van der Waals surface area (Å²) in [6.07, 6.45) is 2.15. The van der Waals surface area contributed by atoms with Gasteiger partial charge in [0.15, 0.2) is 0 Å². The summed E-state index contributed by atoms with van der Waals surface area (Å²) < 4.78 is 0. The minimum Gasteiger partial charge on any atom is -0.356 e. The van der Waals surface area contributed by atoms with Crippen LogP contribution in [0.2, 0.25) is 5.28 Å². The Bertz CT molecular complexity index is 909. The summed E-state index contributed by atoms with van der Waals surface area (Å²) in [5.41, 5.74) is 3.83. The molecule has 0 radical (unpaired) electrons. The molecule has 0 saturated carbocycles. The predicted molar refractivity (Wildman–Crippen MR) is 119 cm³/mol. The van der Waals surface area contributed by atoms with Gasteiger partial charge >= 0.3 is 0 Å². The van der Waals surface area contributed by atoms with E-state index in [-0.39, 0.29) is 0 Å². The molecule has 0 fully saturated rings. The zero-order chi connectivity index (χ0) is 19.6. The van der Waals surface area contributed by atoms with Gasteiger partial charge in [-0.25, -0.2) is 4.98 Å². The van der Waals surface area contributed by atoms with Crippen LogP contribution in [0.25, 0.3) is 21.3 Å². The number of hydrogen-bond donors (Lipinski definition) is 0. The summed E-state index contributed by atoms with van der Waals surface area (Å²) in [6.45, 7) is 13.0. The van der Waals surface area contributed by atoms with Crippen molar-refractivity contribution in [2.24, 2.45) is 0 Å². The molecule has 1 aromatic carbocycles. The number of benzene rings is 1. The van der Waals surface area contributed by atoms with E-state index in [0.717, 1.165) is 42.0 Å². The maximum absolute atomic E-state index is 6.29. The number of aromatic nitrogens is 2. The molecule has 3 nitrogen and oxygen atoms in total. The van der Waals surface area contributed by atoms with Crippen LogP contribution in [0.4, 0.5) is 5.82 Å². The summed E-state index contributed by atoms with van der Waals surface area (Å²) in [6, 6.07) is 8.92. The standard InChI is InChI=1S/C22H28ClN3S/c1-6-12-26(13-7-2)20-19-18(15(5)27-21(19)25-22(23)24-20)17-10-8-16(9-11-17)14(3)4/h8-11,14H,6-7,12-13H2,1-5H3. The van der Waals surface area contributed by atoms with E-state index in [1.807, 2.05) is 0 Å². The van der Waals surface area contributed by atoms with E-state index in [4.69, 9.17) is 11.6 Å². The lowest BCUT2D eigenvalue weighted by molar-refractivity contribution is 0.736. The van der Waals surface area contributed by atoms with Gasteiger partial charge < -0.3 is 4.90 Å². The molecule has 3 aromatic rings. The Balaban J connectivity index is 2.22. The summed E-state index contributed by atoms with van der Waals surface area (Å²) in [4.78, 5) is 13.8. The van der Waals surface area contributed by atoms with Gasteiger partial charge in [-0.15, -0.1) is 11.3 Å². The van der Waals surface area contributed by atoms with Crippen LogP contribution in [0.5, 0.6) is 0 Å². The number of nitrogens with zero attached hydrogens (tertiary/aromatic N) is 3. The molecule has 0 saturated heterocycles. The first-order valence-corrected chi connectivity index (χ1v) is 11.0. The van der Waals surface area contributed by atoms with Crippen LogP contribution in [0.3, 0.4) is 0 Å². The first-order valence-electron chi connectivity index (χ1n) is 9.78. The van der Waals surface area contributed by atoms with Gasteiger partial charge in [-0.1, -0.05) is 52.0 Å². The van der Waals surface area contributed by atoms with Gasteiger partial charge in [0.2, 0.25) is 5.28 Å². The molecule has 27 heavy (non-hydrogen) atoms. The fourth-order valence-electron chi connectivity index (χ4n) is 3.54. The summed E-state index contributed by atoms with van der Waals surface area (Å²) in [5, 5.41) is 1.47. The average molecular weight is 402 g/mol. The van der Waals surface area contributed by atoms with Crippen LogP contribution in [0.15, 0.2) is 24.3 Å². The minimum absolute atomic E-state index is 0.331. The molecule has 2 aromatic heterocycles. The SMILES string of the molecule is CCCN(CCC)c1nc(Cl)nc2sc(C)c(-c3ccc(C(C)C)cc3)c12. The van der Waals surface area contributed by atoms with Crippen molar-refractivity contribution in [1.29, 1.82) is 0 Å². The highest BCUT2D eigenvalue weighted by Gasteiger charge is 2.21. The molecular formula is C22H28ClN3S. The molecule has 0 atom stereocenters. The molecule has 0 amide bonds. The van der Waals surface area contributed by atoms with E-state index in [2.05, 4.69) is 73.8 Å². The van der Waals surface area contributed by atoms with Gasteiger partial charge in [-0.2, -0.15) is 4.98 Å². The van der Waals surface area contributed by atoms with Crippen LogP contribution >= 0.6 is 22.9 Å². The molecule has 0 N–H and O–H groups in total. The molecular weight excluding hydrogens is 374 g/mol. The van der Waals surface area contributed by atoms with Gasteiger partial charge in [0, 0.05) is 23.5 Å². The van der Waals surface area contributed by atoms with Crippen molar-refractivity contribution in [3.63, 3.8) is 0 Å². The lowest BCUT2D eigenvalue weighted by atomic mass is 9.97. The molecule has 0 aliphatic rings. The molecule has 0 aliphatic carbocycles. The van der Waals surface area contributed by atoms with Crippen molar-refractivity contribution in [1.82, 2.24) is 9.97 Å². The van der Waals surface area contributed by atoms with E-state index in [9.17, 15) is 0 Å². The molecule has 5 heteroatoms. The van der Waals surface area contributed by atoms with Crippen molar-refractivity contribution in [2.45, 2.75) is 53.4 Å². The second kappa shape index (κ2) is 8.57. The lowest BCUT2D eigenvalue weighted by Crippen LogP contribution is -2.26. The fraction of sp³-hybridized carbons (Fsp3) is 0.455. The number of aryl methyl sites for hydroxylation is 1. The third-order valence-electron chi connectivity index (χ3n) is 4.83. The smallest absolute Gasteiger partial charge is 0.225 e. The van der Waals surface area contributed by atoms with E-state index >= 15 is 0 Å². The van der Waals surface area contributed by atoms with Crippen LogP contribution in [-0.4, -0.2) is 23.1 Å². The van der Waals surface area contributed by atoms with Crippen molar-refractivity contribution < 1.29 is 0 Å². The third kappa shape index (κ3) is 4.12. The quantitative estimate of drug-likeness (QED) is 0.396. The topological polar surface area (TPSA) is 29.0 Å². The van der Waals surface area contributed by atoms with Crippen molar-refractivity contribution in [2.75, 3.05) is 18.0 Å². The van der Waals surface area contributed by atoms with E-state index in [1.165, 1.54) is 21.6 Å². The normalized spacial score (nSPS) is 11.5. The highest BCUT2D eigenvalue weighted by atomic mass is 35.5. The van der Waals surface area contributed by atoms with Crippen molar-refractivity contribution in [3.8, 4) is 11.1 Å². The Labute approximate surface area is 171 Å². The monoisotopic (exact) mass is 401 g/mol. The van der Waals surface area contributed by atoms with Gasteiger partial charge in [0.05, 0.1) is 5.39 Å². The van der Waals surface area contributed by atoms with Crippen molar-refractivity contribution >= 4 is 39.0 Å². The Morgan fingerprint density at radius 3 is 2.22 bits per heavy atom. The molecule has 2 heterocycles. The molecule has 3 rings (SSSR count). The summed E-state index contributed by atoms with van der Waals surface area (Å²) in [7, 11) is 0. The second-order valence-corrected chi connectivity index (χ2v) is 8.83. The van der Waals surface area contributed by atoms with Crippen LogP contribution in [-0.2, 0) is 0 Å². The zero-order valence-corrected chi connectivity index (χ0v) is 18.4. The van der Waals surface area contributed by atoms with Gasteiger partial charge in [0.25, 0.3) is 0 Å². The van der Waals surface area contributed by atoms with Crippen LogP contribution < -0.4 is 4.90 Å². The molecule has 0 spiro atoms. The fourth-order valence-corrected chi connectivity index (χ4v) is 4.80. The number of anilines is 1. The summed E-state index contributed by atoms with van der Waals surface area (Å²) in [5.74, 6) is 1.50. The van der Waals surface area contributed by atoms with Gasteiger partial charge in [-0.05, 0) is 48.4 Å². The maximum Gasteiger partial charge on any atom is 0.225 e. The number of fused-ring (bicyclic) bond motifs is 1. The molecule has 0 unspecified atom stereocenters. The summed E-state index contributed by atoms with van der Waals surface area (Å²) >= 11 is 7.99. The van der Waals surface area contributed by atoms with Gasteiger partial charge in [-0.3, -0.25) is 0 Å². The Hall–Kier alpha value is -1.65. The predicted octanol–water partition coefficient (Wildman–Crippen LogP) is 7.07. The second-order valence-electron chi connectivity index (χ2n) is 7.29. The number of rotatable bonds is 7. The number of halogens is 1. The molecule has 144 valence electrons. The highest BCUT2D eigenvalue weighted by Crippen LogP contribution is 2.42. The largest absolute Gasteiger partial charge is 0.356 e. The maximum atomic E-state index is 6.29. The van der Waals surface area contributed by atoms with Gasteiger partial charge in [0.1, 0.15) is 10.6 Å². The number of hydrogen-bond acceptors (Lipinski definition) is 4. The van der Waals surface area contributed by atoms with Crippen LogP contribution in [0.1, 0.15) is 56.9 Å². The Morgan fingerprint density at radius 1 is 1.04 bits per heavy atom. The average Bonchev–Trinajstić information content (AvgIpc) is 2.96. The zero-order valence-electron chi connectivity index (χ0n) is 16.8. The van der Waals surface area contributed by atoms with Crippen molar-refractivity contribution in [3.05, 3.63) is 40.0 Å². The highest BCUT2D eigenvalue weighted by molar-refractivity contribution is 7.19. The molecule has 0 aliphatic heterocycles. The lowest BCUT2D eigenvalue weighted by Gasteiger charge is -2.24. The third-order valence-corrected chi connectivity index (χ3v) is 6.00. The minimum atomic E-state index is 0.331. The Kier molecular flexibility index (Phi) is 6.38.